The number of amides is 1. The van der Waals surface area contributed by atoms with Crippen molar-refractivity contribution in [2.75, 3.05) is 11.9 Å². The van der Waals surface area contributed by atoms with E-state index in [9.17, 15) is 9.59 Å². The fourth-order valence-electron chi connectivity index (χ4n) is 0.936. The number of carbonyl (C=O) groups excluding carboxylic acids is 2. The van der Waals surface area contributed by atoms with Gasteiger partial charge in [-0.2, -0.15) is 0 Å². The fourth-order valence-corrected chi connectivity index (χ4v) is 1.76. The molecule has 0 radical (unpaired) electrons. The van der Waals surface area contributed by atoms with Gasteiger partial charge in [0.1, 0.15) is 5.00 Å². The zero-order chi connectivity index (χ0) is 10.6. The van der Waals surface area contributed by atoms with Crippen molar-refractivity contribution in [3.63, 3.8) is 0 Å². The Morgan fingerprint density at radius 2 is 2.29 bits per heavy atom. The van der Waals surface area contributed by atoms with Crippen LogP contribution in [0.5, 0.6) is 0 Å². The molecule has 1 amide bonds. The molecule has 0 aliphatic rings. The van der Waals surface area contributed by atoms with Gasteiger partial charge in [-0.15, -0.1) is 11.3 Å². The molecule has 0 atom stereocenters. The summed E-state index contributed by atoms with van der Waals surface area (Å²) >= 11 is 1.30. The average Bonchev–Trinajstić information content (AvgIpc) is 2.51. The molecular weight excluding hydrogens is 202 g/mol. The molecule has 1 aromatic heterocycles. The molecule has 1 aromatic rings. The summed E-state index contributed by atoms with van der Waals surface area (Å²) in [5.74, 6) is -0.601. The summed E-state index contributed by atoms with van der Waals surface area (Å²) in [4.78, 5) is 22.1. The molecule has 0 fully saturated rings. The lowest BCUT2D eigenvalue weighted by Crippen LogP contribution is -2.10. The number of ether oxygens (including phenoxy) is 1. The summed E-state index contributed by atoms with van der Waals surface area (Å²) in [5.41, 5.74) is 0.409. The smallest absolute Gasteiger partial charge is 0.341 e. The number of esters is 1. The molecule has 0 bridgehead atoms. The minimum Gasteiger partial charge on any atom is -0.462 e. The third-order valence-corrected chi connectivity index (χ3v) is 2.28. The molecule has 0 saturated heterocycles. The van der Waals surface area contributed by atoms with Gasteiger partial charge >= 0.3 is 5.97 Å². The highest BCUT2D eigenvalue weighted by Crippen LogP contribution is 2.23. The van der Waals surface area contributed by atoms with Gasteiger partial charge in [0.15, 0.2) is 0 Å². The summed E-state index contributed by atoms with van der Waals surface area (Å²) < 4.78 is 4.82. The first-order valence-electron chi connectivity index (χ1n) is 4.17. The molecule has 76 valence electrons. The van der Waals surface area contributed by atoms with Crippen LogP contribution in [-0.4, -0.2) is 18.5 Å². The Morgan fingerprint density at radius 3 is 2.86 bits per heavy atom. The highest BCUT2D eigenvalue weighted by molar-refractivity contribution is 7.14. The Labute approximate surface area is 85.9 Å². The first-order chi connectivity index (χ1) is 6.65. The van der Waals surface area contributed by atoms with E-state index in [1.165, 1.54) is 18.3 Å². The van der Waals surface area contributed by atoms with E-state index in [0.717, 1.165) is 0 Å². The van der Waals surface area contributed by atoms with Crippen LogP contribution in [0.3, 0.4) is 0 Å². The van der Waals surface area contributed by atoms with E-state index in [-0.39, 0.29) is 5.91 Å². The van der Waals surface area contributed by atoms with Crippen molar-refractivity contribution in [1.29, 1.82) is 0 Å². The molecule has 1 heterocycles. The number of anilines is 1. The average molecular weight is 213 g/mol. The first-order valence-corrected chi connectivity index (χ1v) is 5.05. The molecule has 5 heteroatoms. The zero-order valence-corrected chi connectivity index (χ0v) is 8.81. The molecule has 0 aliphatic carbocycles. The van der Waals surface area contributed by atoms with Crippen LogP contribution in [0.4, 0.5) is 5.00 Å². The lowest BCUT2D eigenvalue weighted by molar-refractivity contribution is -0.114. The maximum atomic E-state index is 11.3. The largest absolute Gasteiger partial charge is 0.462 e. The summed E-state index contributed by atoms with van der Waals surface area (Å²) in [7, 11) is 0. The van der Waals surface area contributed by atoms with Crippen LogP contribution in [0.1, 0.15) is 24.2 Å². The summed E-state index contributed by atoms with van der Waals surface area (Å²) in [5, 5.41) is 4.84. The van der Waals surface area contributed by atoms with E-state index in [1.54, 1.807) is 18.4 Å². The van der Waals surface area contributed by atoms with Gasteiger partial charge in [0, 0.05) is 6.92 Å². The predicted octanol–water partition coefficient (Wildman–Crippen LogP) is 1.88. The lowest BCUT2D eigenvalue weighted by Gasteiger charge is -2.03. The maximum absolute atomic E-state index is 11.3. The zero-order valence-electron chi connectivity index (χ0n) is 7.99. The van der Waals surface area contributed by atoms with Gasteiger partial charge < -0.3 is 10.1 Å². The topological polar surface area (TPSA) is 55.4 Å². The monoisotopic (exact) mass is 213 g/mol. The Hall–Kier alpha value is -1.36. The number of rotatable bonds is 3. The molecule has 0 saturated carbocycles. The second kappa shape index (κ2) is 4.76. The molecular formula is C9H11NO3S. The van der Waals surface area contributed by atoms with Crippen LogP contribution in [0.2, 0.25) is 0 Å². The third kappa shape index (κ3) is 2.56. The molecule has 0 aromatic carbocycles. The van der Waals surface area contributed by atoms with E-state index in [4.69, 9.17) is 4.74 Å². The molecule has 1 rings (SSSR count). The third-order valence-electron chi connectivity index (χ3n) is 1.45. The van der Waals surface area contributed by atoms with Gasteiger partial charge in [0.2, 0.25) is 5.91 Å². The minimum atomic E-state index is -0.405. The number of nitrogens with one attached hydrogen (secondary N) is 1. The highest BCUT2D eigenvalue weighted by Gasteiger charge is 2.14. The van der Waals surface area contributed by atoms with Gasteiger partial charge in [-0.3, -0.25) is 4.79 Å². The number of hydrogen-bond donors (Lipinski definition) is 1. The molecule has 0 spiro atoms. The Bertz CT molecular complexity index is 346. The van der Waals surface area contributed by atoms with Gasteiger partial charge in [0.25, 0.3) is 0 Å². The van der Waals surface area contributed by atoms with Gasteiger partial charge in [-0.1, -0.05) is 0 Å². The Morgan fingerprint density at radius 1 is 1.57 bits per heavy atom. The van der Waals surface area contributed by atoms with Crippen molar-refractivity contribution in [2.24, 2.45) is 0 Å². The number of thiophene rings is 1. The van der Waals surface area contributed by atoms with Crippen LogP contribution in [0.25, 0.3) is 0 Å². The van der Waals surface area contributed by atoms with E-state index in [1.807, 2.05) is 0 Å². The maximum Gasteiger partial charge on any atom is 0.341 e. The summed E-state index contributed by atoms with van der Waals surface area (Å²) in [6.45, 7) is 3.46. The number of carbonyl (C=O) groups is 2. The van der Waals surface area contributed by atoms with Crippen molar-refractivity contribution in [3.05, 3.63) is 17.0 Å². The predicted molar refractivity (Wildman–Crippen MR) is 54.6 cm³/mol. The van der Waals surface area contributed by atoms with Crippen molar-refractivity contribution in [1.82, 2.24) is 0 Å². The summed E-state index contributed by atoms with van der Waals surface area (Å²) in [6, 6.07) is 1.63. The Balaban J connectivity index is 2.81. The minimum absolute atomic E-state index is 0.196. The van der Waals surface area contributed by atoms with E-state index in [0.29, 0.717) is 17.2 Å². The van der Waals surface area contributed by atoms with Crippen LogP contribution in [0, 0.1) is 0 Å². The SMILES string of the molecule is CCOC(=O)c1ccsc1NC(C)=O. The van der Waals surface area contributed by atoms with Gasteiger partial charge in [-0.05, 0) is 18.4 Å². The van der Waals surface area contributed by atoms with E-state index >= 15 is 0 Å². The van der Waals surface area contributed by atoms with Crippen molar-refractivity contribution in [2.45, 2.75) is 13.8 Å². The molecule has 1 N–H and O–H groups in total. The lowest BCUT2D eigenvalue weighted by atomic mass is 10.3. The normalized spacial score (nSPS) is 9.57. The van der Waals surface area contributed by atoms with Crippen LogP contribution >= 0.6 is 11.3 Å². The quantitative estimate of drug-likeness (QED) is 0.780. The fraction of sp³-hybridized carbons (Fsp3) is 0.333. The first kappa shape index (κ1) is 10.7. The van der Waals surface area contributed by atoms with E-state index in [2.05, 4.69) is 5.32 Å². The van der Waals surface area contributed by atoms with E-state index < -0.39 is 5.97 Å². The van der Waals surface area contributed by atoms with Crippen LogP contribution in [0.15, 0.2) is 11.4 Å². The highest BCUT2D eigenvalue weighted by atomic mass is 32.1. The van der Waals surface area contributed by atoms with Crippen molar-refractivity contribution < 1.29 is 14.3 Å². The second-order valence-electron chi connectivity index (χ2n) is 2.57. The van der Waals surface area contributed by atoms with Gasteiger partial charge in [-0.25, -0.2) is 4.79 Å². The summed E-state index contributed by atoms with van der Waals surface area (Å²) in [6.07, 6.45) is 0. The number of hydrogen-bond acceptors (Lipinski definition) is 4. The van der Waals surface area contributed by atoms with Crippen LogP contribution < -0.4 is 5.32 Å². The molecule has 0 aliphatic heterocycles. The van der Waals surface area contributed by atoms with Crippen molar-refractivity contribution >= 4 is 28.2 Å². The van der Waals surface area contributed by atoms with Gasteiger partial charge in [0.05, 0.1) is 12.2 Å². The molecule has 0 unspecified atom stereocenters. The van der Waals surface area contributed by atoms with Crippen LogP contribution in [-0.2, 0) is 9.53 Å². The standard InChI is InChI=1S/C9H11NO3S/c1-3-13-9(12)7-4-5-14-8(7)10-6(2)11/h4-5H,3H2,1-2H3,(H,10,11). The second-order valence-corrected chi connectivity index (χ2v) is 3.48. The van der Waals surface area contributed by atoms with Crippen molar-refractivity contribution in [3.8, 4) is 0 Å². The molecule has 4 nitrogen and oxygen atoms in total. The molecule has 14 heavy (non-hydrogen) atoms. The Kier molecular flexibility index (Phi) is 3.64.